The van der Waals surface area contributed by atoms with Gasteiger partial charge in [0, 0.05) is 39.2 Å². The van der Waals surface area contributed by atoms with Gasteiger partial charge < -0.3 is 5.32 Å². The third-order valence-corrected chi connectivity index (χ3v) is 7.65. The Morgan fingerprint density at radius 3 is 2.10 bits per heavy atom. The lowest BCUT2D eigenvalue weighted by Crippen LogP contribution is -2.32. The number of nitrogens with zero attached hydrogens (tertiary/aromatic N) is 4. The number of halogens is 2. The van der Waals surface area contributed by atoms with Crippen molar-refractivity contribution < 1.29 is 9.72 Å². The lowest BCUT2D eigenvalue weighted by molar-refractivity contribution is -0.384. The van der Waals surface area contributed by atoms with Crippen molar-refractivity contribution in [3.8, 4) is 5.69 Å². The quantitative estimate of drug-likeness (QED) is 0.101. The van der Waals surface area contributed by atoms with Crippen LogP contribution in [0.2, 0.25) is 10.0 Å². The smallest absolute Gasteiger partial charge is 0.269 e. The molecule has 0 radical (unpaired) electrons. The average molecular weight is 605 g/mol. The average Bonchev–Trinajstić information content (AvgIpc) is 3.40. The van der Waals surface area contributed by atoms with E-state index in [4.69, 9.17) is 23.2 Å². The molecule has 1 N–H and O–H groups in total. The number of nitro groups is 1. The minimum Gasteiger partial charge on any atom is -0.342 e. The van der Waals surface area contributed by atoms with Crippen molar-refractivity contribution in [2.24, 2.45) is 0 Å². The van der Waals surface area contributed by atoms with Crippen LogP contribution in [0.4, 0.5) is 5.69 Å². The number of hydrogen-bond donors (Lipinski definition) is 1. The lowest BCUT2D eigenvalue weighted by Gasteiger charge is -2.20. The number of non-ortho nitro benzene ring substituents is 1. The number of rotatable bonds is 10. The first-order valence-corrected chi connectivity index (χ1v) is 14.3. The third-order valence-electron chi connectivity index (χ3n) is 6.21. The molecule has 0 aliphatic carbocycles. The monoisotopic (exact) mass is 603 g/mol. The van der Waals surface area contributed by atoms with Crippen molar-refractivity contribution in [1.82, 2.24) is 20.1 Å². The normalized spacial score (nSPS) is 11.7. The number of amides is 1. The molecular formula is C30H23Cl2N5O3S. The van der Waals surface area contributed by atoms with E-state index in [0.717, 1.165) is 11.1 Å². The molecule has 1 aromatic heterocycles. The van der Waals surface area contributed by atoms with Crippen molar-refractivity contribution in [2.75, 3.05) is 0 Å². The summed E-state index contributed by atoms with van der Waals surface area (Å²) < 4.78 is 1.83. The van der Waals surface area contributed by atoms with Crippen LogP contribution in [-0.4, -0.2) is 25.6 Å². The van der Waals surface area contributed by atoms with E-state index in [0.29, 0.717) is 44.5 Å². The summed E-state index contributed by atoms with van der Waals surface area (Å²) in [5.41, 5.74) is 2.97. The van der Waals surface area contributed by atoms with E-state index in [-0.39, 0.29) is 11.6 Å². The Labute approximate surface area is 250 Å². The fraction of sp³-hybridized carbons (Fsp3) is 0.100. The maximum absolute atomic E-state index is 13.4. The molecule has 0 saturated heterocycles. The van der Waals surface area contributed by atoms with Crippen molar-refractivity contribution >= 4 is 46.6 Å². The number of nitrogens with one attached hydrogen (secondary N) is 1. The van der Waals surface area contributed by atoms with Crippen LogP contribution < -0.4 is 5.32 Å². The van der Waals surface area contributed by atoms with Gasteiger partial charge in [-0.25, -0.2) is 0 Å². The summed E-state index contributed by atoms with van der Waals surface area (Å²) in [6.45, 7) is 0. The number of benzene rings is 4. The molecule has 0 bridgehead atoms. The summed E-state index contributed by atoms with van der Waals surface area (Å²) in [6.07, 6.45) is 0.412. The Bertz CT molecular complexity index is 1650. The largest absolute Gasteiger partial charge is 0.342 e. The first-order valence-electron chi connectivity index (χ1n) is 12.5. The zero-order valence-electron chi connectivity index (χ0n) is 21.5. The van der Waals surface area contributed by atoms with Crippen molar-refractivity contribution in [3.63, 3.8) is 0 Å². The molecule has 8 nitrogen and oxygen atoms in total. The maximum atomic E-state index is 13.4. The second kappa shape index (κ2) is 13.0. The summed E-state index contributed by atoms with van der Waals surface area (Å²) in [7, 11) is 0. The number of hydrogen-bond acceptors (Lipinski definition) is 6. The fourth-order valence-corrected chi connectivity index (χ4v) is 5.71. The Morgan fingerprint density at radius 1 is 0.878 bits per heavy atom. The van der Waals surface area contributed by atoms with Crippen LogP contribution in [-0.2, 0) is 12.2 Å². The summed E-state index contributed by atoms with van der Waals surface area (Å²) in [5, 5.41) is 24.7. The van der Waals surface area contributed by atoms with Crippen LogP contribution >= 0.6 is 35.0 Å². The van der Waals surface area contributed by atoms with Crippen LogP contribution in [0, 0.1) is 10.1 Å². The molecule has 1 atom stereocenters. The number of carbonyl (C=O) groups excluding carboxylic acids is 1. The number of nitro benzene ring substituents is 1. The predicted octanol–water partition coefficient (Wildman–Crippen LogP) is 7.49. The summed E-state index contributed by atoms with van der Waals surface area (Å²) in [5.74, 6) is 0.717. The van der Waals surface area contributed by atoms with Gasteiger partial charge in [-0.05, 0) is 47.9 Å². The lowest BCUT2D eigenvalue weighted by atomic mass is 10.0. The highest BCUT2D eigenvalue weighted by atomic mass is 35.5. The molecule has 206 valence electrons. The Hall–Kier alpha value is -4.18. The van der Waals surface area contributed by atoms with Gasteiger partial charge in [-0.1, -0.05) is 95.6 Å². The van der Waals surface area contributed by atoms with Crippen LogP contribution in [0.5, 0.6) is 0 Å². The Balaban J connectivity index is 1.56. The molecule has 0 saturated carbocycles. The van der Waals surface area contributed by atoms with Gasteiger partial charge in [-0.2, -0.15) is 0 Å². The standard InChI is InChI=1S/C30H23Cl2N5O3S/c31-23-16-22(17-24(32)18-23)29(38)33-27(15-20-7-3-1-4-8-20)28-34-35-30(41-19-21-9-5-2-6-10-21)36(28)25-11-13-26(14-12-25)37(39)40/h1-14,16-18,27H,15,19H2,(H,33,38)/t27-/m1/s1. The van der Waals surface area contributed by atoms with Gasteiger partial charge in [-0.15, -0.1) is 10.2 Å². The molecule has 0 aliphatic heterocycles. The van der Waals surface area contributed by atoms with Gasteiger partial charge in [0.15, 0.2) is 11.0 Å². The highest BCUT2D eigenvalue weighted by Gasteiger charge is 2.26. The molecule has 0 fully saturated rings. The molecule has 0 spiro atoms. The second-order valence-electron chi connectivity index (χ2n) is 9.10. The molecule has 0 unspecified atom stereocenters. The molecule has 41 heavy (non-hydrogen) atoms. The zero-order chi connectivity index (χ0) is 28.8. The van der Waals surface area contributed by atoms with Crippen LogP contribution in [0.25, 0.3) is 5.69 Å². The van der Waals surface area contributed by atoms with Gasteiger partial charge in [0.25, 0.3) is 11.6 Å². The van der Waals surface area contributed by atoms with Crippen molar-refractivity contribution in [2.45, 2.75) is 23.4 Å². The summed E-state index contributed by atoms with van der Waals surface area (Å²) in [4.78, 5) is 24.3. The maximum Gasteiger partial charge on any atom is 0.269 e. The minimum atomic E-state index is -0.614. The van der Waals surface area contributed by atoms with E-state index in [1.54, 1.807) is 30.3 Å². The topological polar surface area (TPSA) is 103 Å². The molecule has 11 heteroatoms. The summed E-state index contributed by atoms with van der Waals surface area (Å²) >= 11 is 13.8. The van der Waals surface area contributed by atoms with E-state index in [1.807, 2.05) is 65.2 Å². The molecule has 4 aromatic carbocycles. The zero-order valence-corrected chi connectivity index (χ0v) is 23.8. The summed E-state index contributed by atoms with van der Waals surface area (Å²) in [6, 6.07) is 29.8. The van der Waals surface area contributed by atoms with Gasteiger partial charge in [-0.3, -0.25) is 19.5 Å². The SMILES string of the molecule is O=C(N[C@H](Cc1ccccc1)c1nnc(SCc2ccccc2)n1-c1ccc([N+](=O)[O-])cc1)c1cc(Cl)cc(Cl)c1. The Morgan fingerprint density at radius 2 is 1.49 bits per heavy atom. The predicted molar refractivity (Wildman–Crippen MR) is 161 cm³/mol. The first-order chi connectivity index (χ1) is 19.9. The van der Waals surface area contributed by atoms with Gasteiger partial charge in [0.1, 0.15) is 0 Å². The fourth-order valence-electron chi connectivity index (χ4n) is 4.27. The molecular weight excluding hydrogens is 581 g/mol. The minimum absolute atomic E-state index is 0.0335. The van der Waals surface area contributed by atoms with E-state index in [9.17, 15) is 14.9 Å². The Kier molecular flexibility index (Phi) is 8.98. The first kappa shape index (κ1) is 28.4. The van der Waals surface area contributed by atoms with Gasteiger partial charge in [0.2, 0.25) is 0 Å². The molecule has 0 aliphatic rings. The van der Waals surface area contributed by atoms with Crippen molar-refractivity contribution in [1.29, 1.82) is 0 Å². The molecule has 1 heterocycles. The molecule has 5 aromatic rings. The van der Waals surface area contributed by atoms with Crippen molar-refractivity contribution in [3.05, 3.63) is 146 Å². The van der Waals surface area contributed by atoms with E-state index in [1.165, 1.54) is 23.9 Å². The van der Waals surface area contributed by atoms with Crippen LogP contribution in [0.1, 0.15) is 33.4 Å². The van der Waals surface area contributed by atoms with E-state index >= 15 is 0 Å². The van der Waals surface area contributed by atoms with E-state index in [2.05, 4.69) is 15.5 Å². The van der Waals surface area contributed by atoms with E-state index < -0.39 is 11.0 Å². The van der Waals surface area contributed by atoms with Gasteiger partial charge >= 0.3 is 0 Å². The molecule has 5 rings (SSSR count). The van der Waals surface area contributed by atoms with Crippen LogP contribution in [0.3, 0.4) is 0 Å². The molecule has 1 amide bonds. The highest BCUT2D eigenvalue weighted by molar-refractivity contribution is 7.98. The third kappa shape index (κ3) is 7.13. The number of aromatic nitrogens is 3. The number of carbonyl (C=O) groups is 1. The van der Waals surface area contributed by atoms with Crippen LogP contribution in [0.15, 0.2) is 108 Å². The highest BCUT2D eigenvalue weighted by Crippen LogP contribution is 2.30. The number of thioether (sulfide) groups is 1. The van der Waals surface area contributed by atoms with Gasteiger partial charge in [0.05, 0.1) is 11.0 Å². The second-order valence-corrected chi connectivity index (χ2v) is 10.9.